The third kappa shape index (κ3) is 3.33. The van der Waals surface area contributed by atoms with Crippen molar-refractivity contribution >= 4 is 6.09 Å². The Morgan fingerprint density at radius 2 is 1.68 bits per heavy atom. The first-order chi connectivity index (χ1) is 13.4. The van der Waals surface area contributed by atoms with E-state index in [0.29, 0.717) is 17.9 Å². The highest BCUT2D eigenvalue weighted by atomic mass is 16.5. The fourth-order valence-electron chi connectivity index (χ4n) is 3.30. The quantitative estimate of drug-likeness (QED) is 0.709. The summed E-state index contributed by atoms with van der Waals surface area (Å²) in [5, 5.41) is 10.1. The molecule has 0 aliphatic rings. The van der Waals surface area contributed by atoms with Gasteiger partial charge in [0, 0.05) is 11.1 Å². The van der Waals surface area contributed by atoms with Gasteiger partial charge in [-0.1, -0.05) is 6.92 Å². The Hall–Kier alpha value is -3.28. The van der Waals surface area contributed by atoms with E-state index in [0.717, 1.165) is 33.7 Å². The van der Waals surface area contributed by atoms with E-state index in [-0.39, 0.29) is 5.75 Å². The van der Waals surface area contributed by atoms with Crippen molar-refractivity contribution in [2.75, 3.05) is 14.2 Å². The van der Waals surface area contributed by atoms with Crippen LogP contribution in [-0.4, -0.2) is 35.0 Å². The Balaban J connectivity index is 2.29. The molecule has 0 aliphatic heterocycles. The monoisotopic (exact) mass is 380 g/mol. The second-order valence-corrected chi connectivity index (χ2v) is 6.58. The maximum absolute atomic E-state index is 12.7. The molecule has 0 saturated carbocycles. The largest absolute Gasteiger partial charge is 0.507 e. The normalized spacial score (nSPS) is 10.8. The number of aromatic hydroxyl groups is 1. The van der Waals surface area contributed by atoms with Crippen LogP contribution in [0.3, 0.4) is 0 Å². The van der Waals surface area contributed by atoms with Crippen molar-refractivity contribution in [3.8, 4) is 34.1 Å². The van der Waals surface area contributed by atoms with Gasteiger partial charge < -0.3 is 14.6 Å². The van der Waals surface area contributed by atoms with Crippen LogP contribution in [-0.2, 0) is 11.2 Å². The number of carbonyl (C=O) groups is 1. The number of imidazole rings is 1. The van der Waals surface area contributed by atoms with Gasteiger partial charge in [0.25, 0.3) is 0 Å². The van der Waals surface area contributed by atoms with Crippen LogP contribution in [0.1, 0.15) is 23.7 Å². The van der Waals surface area contributed by atoms with Gasteiger partial charge in [0.2, 0.25) is 0 Å². The first-order valence-electron chi connectivity index (χ1n) is 9.06. The highest BCUT2D eigenvalue weighted by Crippen LogP contribution is 2.34. The fourth-order valence-corrected chi connectivity index (χ4v) is 3.30. The van der Waals surface area contributed by atoms with Gasteiger partial charge in [-0.15, -0.1) is 0 Å². The average Bonchev–Trinajstić information content (AvgIpc) is 3.10. The number of nitrogens with zero attached hydrogens (tertiary/aromatic N) is 2. The molecule has 0 saturated heterocycles. The topological polar surface area (TPSA) is 73.6 Å². The fraction of sp³-hybridized carbons (Fsp3) is 0.273. The Bertz CT molecular complexity index is 997. The minimum Gasteiger partial charge on any atom is -0.507 e. The van der Waals surface area contributed by atoms with Gasteiger partial charge in [0.1, 0.15) is 17.3 Å². The summed E-state index contributed by atoms with van der Waals surface area (Å²) < 4.78 is 11.8. The molecule has 6 heteroatoms. The molecule has 3 rings (SSSR count). The summed E-state index contributed by atoms with van der Waals surface area (Å²) in [6.07, 6.45) is 0.130. The molecule has 0 unspecified atom stereocenters. The third-order valence-electron chi connectivity index (χ3n) is 4.75. The van der Waals surface area contributed by atoms with Crippen LogP contribution in [0.5, 0.6) is 11.5 Å². The van der Waals surface area contributed by atoms with Crippen molar-refractivity contribution in [3.63, 3.8) is 0 Å². The summed E-state index contributed by atoms with van der Waals surface area (Å²) in [5.74, 6) is 1.46. The van der Waals surface area contributed by atoms with Crippen molar-refractivity contribution in [2.45, 2.75) is 27.2 Å². The highest BCUT2D eigenvalue weighted by molar-refractivity contribution is 5.85. The number of carbonyl (C=O) groups excluding carboxylic acids is 1. The number of methoxy groups -OCH3 is 2. The SMILES string of the molecule is CCc1nc(-c2cc(C)c(O)c(C)c2)n(C(=O)OC)c1-c1ccc(OC)cc1. The minimum absolute atomic E-state index is 0.242. The number of aryl methyl sites for hydroxylation is 3. The number of aromatic nitrogens is 2. The predicted molar refractivity (Wildman–Crippen MR) is 108 cm³/mol. The van der Waals surface area contributed by atoms with Crippen LogP contribution >= 0.6 is 0 Å². The van der Waals surface area contributed by atoms with Crippen molar-refractivity contribution < 1.29 is 19.4 Å². The van der Waals surface area contributed by atoms with E-state index in [2.05, 4.69) is 0 Å². The molecule has 1 heterocycles. The lowest BCUT2D eigenvalue weighted by molar-refractivity contribution is 0.173. The van der Waals surface area contributed by atoms with Crippen LogP contribution in [0, 0.1) is 13.8 Å². The first kappa shape index (κ1) is 19.5. The molecule has 3 aromatic rings. The lowest BCUT2D eigenvalue weighted by Crippen LogP contribution is -2.14. The van der Waals surface area contributed by atoms with E-state index < -0.39 is 6.09 Å². The summed E-state index contributed by atoms with van der Waals surface area (Å²) in [4.78, 5) is 17.5. The molecule has 6 nitrogen and oxygen atoms in total. The minimum atomic E-state index is -0.517. The summed E-state index contributed by atoms with van der Waals surface area (Å²) >= 11 is 0. The van der Waals surface area contributed by atoms with Crippen LogP contribution in [0.4, 0.5) is 4.79 Å². The maximum Gasteiger partial charge on any atom is 0.419 e. The zero-order valence-corrected chi connectivity index (χ0v) is 16.7. The number of benzene rings is 2. The smallest absolute Gasteiger partial charge is 0.419 e. The molecular weight excluding hydrogens is 356 g/mol. The number of ether oxygens (including phenoxy) is 2. The molecule has 0 fully saturated rings. The molecule has 0 atom stereocenters. The molecule has 1 N–H and O–H groups in total. The number of hydrogen-bond donors (Lipinski definition) is 1. The van der Waals surface area contributed by atoms with Gasteiger partial charge in [0.05, 0.1) is 25.6 Å². The Kier molecular flexibility index (Phi) is 5.40. The summed E-state index contributed by atoms with van der Waals surface area (Å²) in [6.45, 7) is 5.64. The first-order valence-corrected chi connectivity index (χ1v) is 9.06. The van der Waals surface area contributed by atoms with E-state index in [4.69, 9.17) is 14.5 Å². The third-order valence-corrected chi connectivity index (χ3v) is 4.75. The van der Waals surface area contributed by atoms with E-state index >= 15 is 0 Å². The van der Waals surface area contributed by atoms with E-state index in [1.807, 2.05) is 57.2 Å². The molecule has 0 amide bonds. The Morgan fingerprint density at radius 1 is 1.07 bits per heavy atom. The van der Waals surface area contributed by atoms with Crippen molar-refractivity contribution in [1.29, 1.82) is 0 Å². The molecule has 146 valence electrons. The van der Waals surface area contributed by atoms with Gasteiger partial charge in [-0.25, -0.2) is 14.3 Å². The molecular formula is C22H24N2O4. The Morgan fingerprint density at radius 3 is 2.18 bits per heavy atom. The summed E-state index contributed by atoms with van der Waals surface area (Å²) in [6, 6.07) is 11.1. The van der Waals surface area contributed by atoms with Crippen LogP contribution in [0.15, 0.2) is 36.4 Å². The zero-order chi connectivity index (χ0) is 20.4. The number of phenols is 1. The van der Waals surface area contributed by atoms with Gasteiger partial charge >= 0.3 is 6.09 Å². The van der Waals surface area contributed by atoms with Gasteiger partial charge in [0.15, 0.2) is 0 Å². The van der Waals surface area contributed by atoms with Crippen molar-refractivity contribution in [2.24, 2.45) is 0 Å². The van der Waals surface area contributed by atoms with E-state index in [1.165, 1.54) is 11.7 Å². The van der Waals surface area contributed by atoms with Crippen LogP contribution in [0.25, 0.3) is 22.6 Å². The van der Waals surface area contributed by atoms with Crippen LogP contribution in [0.2, 0.25) is 0 Å². The predicted octanol–water partition coefficient (Wildman–Crippen LogP) is 4.73. The zero-order valence-electron chi connectivity index (χ0n) is 16.7. The lowest BCUT2D eigenvalue weighted by atomic mass is 10.1. The summed E-state index contributed by atoms with van der Waals surface area (Å²) in [5.41, 5.74) is 4.50. The molecule has 0 radical (unpaired) electrons. The summed E-state index contributed by atoms with van der Waals surface area (Å²) in [7, 11) is 2.96. The van der Waals surface area contributed by atoms with E-state index in [1.54, 1.807) is 7.11 Å². The molecule has 1 aromatic heterocycles. The van der Waals surface area contributed by atoms with Crippen molar-refractivity contribution in [1.82, 2.24) is 9.55 Å². The second-order valence-electron chi connectivity index (χ2n) is 6.58. The van der Waals surface area contributed by atoms with Crippen molar-refractivity contribution in [3.05, 3.63) is 53.2 Å². The molecule has 28 heavy (non-hydrogen) atoms. The van der Waals surface area contributed by atoms with E-state index in [9.17, 15) is 9.90 Å². The molecule has 0 bridgehead atoms. The number of phenolic OH excluding ortho intramolecular Hbond substituents is 1. The van der Waals surface area contributed by atoms with Crippen LogP contribution < -0.4 is 4.74 Å². The molecule has 2 aromatic carbocycles. The molecule has 0 spiro atoms. The number of rotatable bonds is 4. The van der Waals surface area contributed by atoms with Gasteiger partial charge in [-0.05, 0) is 67.8 Å². The van der Waals surface area contributed by atoms with Gasteiger partial charge in [-0.2, -0.15) is 0 Å². The molecule has 0 aliphatic carbocycles. The lowest BCUT2D eigenvalue weighted by Gasteiger charge is -2.12. The Labute approximate surface area is 164 Å². The maximum atomic E-state index is 12.7. The highest BCUT2D eigenvalue weighted by Gasteiger charge is 2.24. The average molecular weight is 380 g/mol. The second kappa shape index (κ2) is 7.76. The standard InChI is InChI=1S/C22H24N2O4/c1-6-18-19(15-7-9-17(27-4)10-8-15)24(22(26)28-5)21(23-18)16-11-13(2)20(25)14(3)12-16/h7-12,25H,6H2,1-5H3. The van der Waals surface area contributed by atoms with Gasteiger partial charge in [-0.3, -0.25) is 0 Å². The number of hydrogen-bond acceptors (Lipinski definition) is 5.